The number of ether oxygens (including phenoxy) is 1. The first-order chi connectivity index (χ1) is 6.93. The first kappa shape index (κ1) is 11.5. The fourth-order valence-corrected chi connectivity index (χ4v) is 0.773. The summed E-state index contributed by atoms with van der Waals surface area (Å²) < 4.78 is 41.0. The van der Waals surface area contributed by atoms with Gasteiger partial charge in [0.1, 0.15) is 5.82 Å². The third kappa shape index (κ3) is 3.26. The fraction of sp³-hybridized carbons (Fsp3) is 0.500. The van der Waals surface area contributed by atoms with E-state index in [2.05, 4.69) is 20.0 Å². The molecule has 0 aromatic carbocycles. The van der Waals surface area contributed by atoms with Gasteiger partial charge < -0.3 is 10.1 Å². The maximum Gasteiger partial charge on any atom is 0.425 e. The van der Waals surface area contributed by atoms with E-state index in [1.165, 1.54) is 6.20 Å². The van der Waals surface area contributed by atoms with Crippen molar-refractivity contribution in [3.05, 3.63) is 12.4 Å². The number of nitrogens with one attached hydrogen (secondary N) is 1. The van der Waals surface area contributed by atoms with E-state index in [0.717, 1.165) is 13.1 Å². The normalized spacial score (nSPS) is 13.4. The van der Waals surface area contributed by atoms with Gasteiger partial charge in [-0.05, 0) is 6.92 Å². The molecule has 0 bridgehead atoms. The third-order valence-corrected chi connectivity index (χ3v) is 1.63. The number of nitrogens with zero attached hydrogens (tertiary/aromatic N) is 2. The molecule has 1 aromatic heterocycles. The average Bonchev–Trinajstić information content (AvgIpc) is 2.16. The van der Waals surface area contributed by atoms with Gasteiger partial charge in [0, 0.05) is 7.05 Å². The first-order valence-corrected chi connectivity index (χ1v) is 4.16. The van der Waals surface area contributed by atoms with Gasteiger partial charge in [-0.2, -0.15) is 18.2 Å². The van der Waals surface area contributed by atoms with Gasteiger partial charge in [-0.3, -0.25) is 4.98 Å². The Kier molecular flexibility index (Phi) is 3.33. The maximum atomic E-state index is 12.1. The van der Waals surface area contributed by atoms with E-state index in [-0.39, 0.29) is 5.88 Å². The smallest absolute Gasteiger partial charge is 0.425 e. The van der Waals surface area contributed by atoms with Gasteiger partial charge in [-0.25, -0.2) is 0 Å². The monoisotopic (exact) mass is 221 g/mol. The van der Waals surface area contributed by atoms with E-state index in [1.54, 1.807) is 7.05 Å². The van der Waals surface area contributed by atoms with E-state index < -0.39 is 12.3 Å². The molecule has 0 aliphatic heterocycles. The molecule has 0 radical (unpaired) electrons. The summed E-state index contributed by atoms with van der Waals surface area (Å²) in [6, 6.07) is 0. The number of anilines is 1. The van der Waals surface area contributed by atoms with Crippen molar-refractivity contribution in [3.8, 4) is 5.88 Å². The van der Waals surface area contributed by atoms with Crippen molar-refractivity contribution in [1.29, 1.82) is 0 Å². The number of rotatable bonds is 3. The molecule has 0 saturated carbocycles. The van der Waals surface area contributed by atoms with Gasteiger partial charge in [0.25, 0.3) is 0 Å². The summed E-state index contributed by atoms with van der Waals surface area (Å²) in [6.45, 7) is 0.910. The second-order valence-corrected chi connectivity index (χ2v) is 2.79. The molecule has 0 saturated heterocycles. The van der Waals surface area contributed by atoms with Crippen LogP contribution in [0.3, 0.4) is 0 Å². The quantitative estimate of drug-likeness (QED) is 0.846. The highest BCUT2D eigenvalue weighted by molar-refractivity contribution is 5.31. The van der Waals surface area contributed by atoms with Crippen molar-refractivity contribution in [2.45, 2.75) is 19.2 Å². The van der Waals surface area contributed by atoms with Crippen LogP contribution in [0.4, 0.5) is 19.0 Å². The van der Waals surface area contributed by atoms with Crippen LogP contribution in [-0.2, 0) is 0 Å². The highest BCUT2D eigenvalue weighted by Gasteiger charge is 2.38. The third-order valence-electron chi connectivity index (χ3n) is 1.63. The molecule has 1 heterocycles. The van der Waals surface area contributed by atoms with E-state index in [9.17, 15) is 13.2 Å². The maximum absolute atomic E-state index is 12.1. The lowest BCUT2D eigenvalue weighted by Crippen LogP contribution is -2.31. The highest BCUT2D eigenvalue weighted by Crippen LogP contribution is 2.23. The summed E-state index contributed by atoms with van der Waals surface area (Å²) in [4.78, 5) is 7.42. The Morgan fingerprint density at radius 3 is 2.60 bits per heavy atom. The van der Waals surface area contributed by atoms with E-state index in [0.29, 0.717) is 5.82 Å². The summed E-state index contributed by atoms with van der Waals surface area (Å²) in [5.74, 6) is 0.188. The van der Waals surface area contributed by atoms with Crippen LogP contribution in [0, 0.1) is 0 Å². The lowest BCUT2D eigenvalue weighted by molar-refractivity contribution is -0.190. The number of aromatic nitrogens is 2. The molecule has 1 unspecified atom stereocenters. The Morgan fingerprint density at radius 1 is 1.40 bits per heavy atom. The predicted molar refractivity (Wildman–Crippen MR) is 47.7 cm³/mol. The van der Waals surface area contributed by atoms with Crippen LogP contribution in [0.1, 0.15) is 6.92 Å². The van der Waals surface area contributed by atoms with Gasteiger partial charge >= 0.3 is 6.18 Å². The lowest BCUT2D eigenvalue weighted by Gasteiger charge is -2.16. The molecule has 4 nitrogen and oxygen atoms in total. The van der Waals surface area contributed by atoms with Crippen LogP contribution >= 0.6 is 0 Å². The van der Waals surface area contributed by atoms with Gasteiger partial charge in [-0.1, -0.05) is 0 Å². The molecule has 0 fully saturated rings. The molecule has 0 aliphatic carbocycles. The Hall–Kier alpha value is -1.53. The molecule has 0 aliphatic rings. The van der Waals surface area contributed by atoms with Crippen LogP contribution in [0.25, 0.3) is 0 Å². The zero-order chi connectivity index (χ0) is 11.5. The van der Waals surface area contributed by atoms with E-state index in [1.807, 2.05) is 0 Å². The topological polar surface area (TPSA) is 47.0 Å². The van der Waals surface area contributed by atoms with Crippen molar-refractivity contribution in [2.75, 3.05) is 12.4 Å². The Bertz CT molecular complexity index is 329. The molecular weight excluding hydrogens is 211 g/mol. The molecule has 1 rings (SSSR count). The fourth-order valence-electron chi connectivity index (χ4n) is 0.773. The molecule has 1 N–H and O–H groups in total. The van der Waals surface area contributed by atoms with Crippen molar-refractivity contribution in [3.63, 3.8) is 0 Å². The summed E-state index contributed by atoms with van der Waals surface area (Å²) >= 11 is 0. The number of hydrogen-bond donors (Lipinski definition) is 1. The SMILES string of the molecule is CNc1cncc(OC(C)C(F)(F)F)n1. The molecule has 7 heteroatoms. The summed E-state index contributed by atoms with van der Waals surface area (Å²) in [6.07, 6.45) is -3.80. The second-order valence-electron chi connectivity index (χ2n) is 2.79. The molecule has 84 valence electrons. The molecule has 0 spiro atoms. The van der Waals surface area contributed by atoms with Gasteiger partial charge in [-0.15, -0.1) is 0 Å². The largest absolute Gasteiger partial charge is 0.464 e. The first-order valence-electron chi connectivity index (χ1n) is 4.16. The lowest BCUT2D eigenvalue weighted by atomic mass is 10.4. The van der Waals surface area contributed by atoms with Crippen LogP contribution in [-0.4, -0.2) is 29.3 Å². The minimum Gasteiger partial charge on any atom is -0.464 e. The number of alkyl halides is 3. The van der Waals surface area contributed by atoms with Gasteiger partial charge in [0.2, 0.25) is 5.88 Å². The zero-order valence-electron chi connectivity index (χ0n) is 8.17. The van der Waals surface area contributed by atoms with Gasteiger partial charge in [0.15, 0.2) is 6.10 Å². The minimum atomic E-state index is -4.41. The summed E-state index contributed by atoms with van der Waals surface area (Å²) in [5.41, 5.74) is 0. The summed E-state index contributed by atoms with van der Waals surface area (Å²) in [7, 11) is 1.58. The Labute approximate surface area is 84.5 Å². The van der Waals surface area contributed by atoms with E-state index >= 15 is 0 Å². The van der Waals surface area contributed by atoms with E-state index in [4.69, 9.17) is 0 Å². The zero-order valence-corrected chi connectivity index (χ0v) is 8.17. The predicted octanol–water partition coefficient (Wildman–Crippen LogP) is 1.85. The van der Waals surface area contributed by atoms with Crippen LogP contribution in [0.2, 0.25) is 0 Å². The van der Waals surface area contributed by atoms with Crippen molar-refractivity contribution in [2.24, 2.45) is 0 Å². The second kappa shape index (κ2) is 4.33. The average molecular weight is 221 g/mol. The molecule has 15 heavy (non-hydrogen) atoms. The molecule has 1 atom stereocenters. The van der Waals surface area contributed by atoms with Crippen molar-refractivity contribution in [1.82, 2.24) is 9.97 Å². The Balaban J connectivity index is 2.72. The Morgan fingerprint density at radius 2 is 2.07 bits per heavy atom. The number of halogens is 3. The van der Waals surface area contributed by atoms with Crippen molar-refractivity contribution < 1.29 is 17.9 Å². The van der Waals surface area contributed by atoms with Crippen molar-refractivity contribution >= 4 is 5.82 Å². The van der Waals surface area contributed by atoms with Crippen LogP contribution in [0.5, 0.6) is 5.88 Å². The van der Waals surface area contributed by atoms with Crippen LogP contribution < -0.4 is 10.1 Å². The highest BCUT2D eigenvalue weighted by atomic mass is 19.4. The molecule has 0 amide bonds. The van der Waals surface area contributed by atoms with Gasteiger partial charge in [0.05, 0.1) is 12.4 Å². The minimum absolute atomic E-state index is 0.160. The van der Waals surface area contributed by atoms with Crippen LogP contribution in [0.15, 0.2) is 12.4 Å². The molecule has 1 aromatic rings. The standard InChI is InChI=1S/C8H10F3N3O/c1-5(8(9,10)11)15-7-4-13-3-6(12-2)14-7/h3-5H,1-2H3,(H,12,14). The molecular formula is C8H10F3N3O. The summed E-state index contributed by atoms with van der Waals surface area (Å²) in [5, 5.41) is 2.64. The number of hydrogen-bond acceptors (Lipinski definition) is 4.